The van der Waals surface area contributed by atoms with Gasteiger partial charge in [0.2, 0.25) is 0 Å². The molecule has 1 aromatic carbocycles. The van der Waals surface area contributed by atoms with Gasteiger partial charge in [0.25, 0.3) is 0 Å². The fraction of sp³-hybridized carbons (Fsp3) is 0.250. The van der Waals surface area contributed by atoms with E-state index in [9.17, 15) is 14.7 Å². The maximum absolute atomic E-state index is 11.6. The van der Waals surface area contributed by atoms with Crippen molar-refractivity contribution < 1.29 is 19.1 Å². The van der Waals surface area contributed by atoms with Gasteiger partial charge in [0.15, 0.2) is 0 Å². The van der Waals surface area contributed by atoms with Crippen LogP contribution in [0.4, 0.5) is 0 Å². The highest BCUT2D eigenvalue weighted by Gasteiger charge is 2.15. The predicted octanol–water partition coefficient (Wildman–Crippen LogP) is 0.616. The summed E-state index contributed by atoms with van der Waals surface area (Å²) in [7, 11) is 0. The maximum Gasteiger partial charge on any atom is 0.309 e. The molecule has 0 unspecified atom stereocenters. The molecule has 0 spiro atoms. The Labute approximate surface area is 128 Å². The summed E-state index contributed by atoms with van der Waals surface area (Å²) < 4.78 is 5.04. The quantitative estimate of drug-likeness (QED) is 0.682. The zero-order chi connectivity index (χ0) is 15.8. The number of hydrogen-bond donors (Lipinski definition) is 3. The van der Waals surface area contributed by atoms with E-state index in [1.54, 1.807) is 12.1 Å². The van der Waals surface area contributed by atoms with Crippen molar-refractivity contribution in [1.29, 1.82) is 0 Å². The number of aliphatic hydroxyl groups excluding tert-OH is 1. The van der Waals surface area contributed by atoms with Gasteiger partial charge in [-0.3, -0.25) is 9.59 Å². The van der Waals surface area contributed by atoms with E-state index in [1.165, 1.54) is 6.26 Å². The Balaban J connectivity index is 1.69. The molecule has 22 heavy (non-hydrogen) atoms. The smallest absolute Gasteiger partial charge is 0.309 e. The van der Waals surface area contributed by atoms with Crippen molar-refractivity contribution in [2.45, 2.75) is 19.1 Å². The van der Waals surface area contributed by atoms with Crippen molar-refractivity contribution in [3.8, 4) is 0 Å². The molecule has 2 rings (SSSR count). The topological polar surface area (TPSA) is 91.6 Å². The van der Waals surface area contributed by atoms with Gasteiger partial charge in [0.1, 0.15) is 5.76 Å². The normalized spacial score (nSPS) is 11.7. The summed E-state index contributed by atoms with van der Waals surface area (Å²) in [6, 6.07) is 12.8. The van der Waals surface area contributed by atoms with E-state index < -0.39 is 17.9 Å². The second-order valence-corrected chi connectivity index (χ2v) is 4.82. The highest BCUT2D eigenvalue weighted by atomic mass is 16.3. The van der Waals surface area contributed by atoms with Gasteiger partial charge in [0.05, 0.1) is 18.9 Å². The number of carbonyl (C=O) groups is 2. The summed E-state index contributed by atoms with van der Waals surface area (Å²) in [5.74, 6) is -0.979. The molecule has 0 fully saturated rings. The third kappa shape index (κ3) is 5.06. The van der Waals surface area contributed by atoms with Crippen LogP contribution < -0.4 is 10.6 Å². The highest BCUT2D eigenvalue weighted by molar-refractivity contribution is 6.35. The Morgan fingerprint density at radius 2 is 1.77 bits per heavy atom. The first-order chi connectivity index (χ1) is 10.6. The molecule has 1 heterocycles. The van der Waals surface area contributed by atoms with Crippen molar-refractivity contribution in [1.82, 2.24) is 10.6 Å². The van der Waals surface area contributed by atoms with Crippen molar-refractivity contribution in [3.05, 3.63) is 60.1 Å². The highest BCUT2D eigenvalue weighted by Crippen LogP contribution is 2.02. The van der Waals surface area contributed by atoms with Gasteiger partial charge in [-0.05, 0) is 17.7 Å². The zero-order valence-electron chi connectivity index (χ0n) is 12.0. The lowest BCUT2D eigenvalue weighted by Gasteiger charge is -2.11. The van der Waals surface area contributed by atoms with Crippen molar-refractivity contribution in [2.24, 2.45) is 0 Å². The van der Waals surface area contributed by atoms with Gasteiger partial charge in [-0.1, -0.05) is 30.3 Å². The Morgan fingerprint density at radius 3 is 2.45 bits per heavy atom. The van der Waals surface area contributed by atoms with E-state index in [0.29, 0.717) is 12.2 Å². The van der Waals surface area contributed by atoms with Gasteiger partial charge < -0.3 is 20.2 Å². The van der Waals surface area contributed by atoms with Crippen molar-refractivity contribution in [2.75, 3.05) is 6.54 Å². The fourth-order valence-corrected chi connectivity index (χ4v) is 1.91. The second kappa shape index (κ2) is 7.99. The first-order valence-corrected chi connectivity index (χ1v) is 6.95. The van der Waals surface area contributed by atoms with E-state index in [2.05, 4.69) is 10.6 Å². The van der Waals surface area contributed by atoms with E-state index in [1.807, 2.05) is 30.3 Å². The van der Waals surface area contributed by atoms with E-state index in [0.717, 1.165) is 5.56 Å². The van der Waals surface area contributed by atoms with E-state index in [4.69, 9.17) is 4.42 Å². The first-order valence-electron chi connectivity index (χ1n) is 6.95. The van der Waals surface area contributed by atoms with E-state index >= 15 is 0 Å². The summed E-state index contributed by atoms with van der Waals surface area (Å²) in [4.78, 5) is 23.2. The monoisotopic (exact) mass is 302 g/mol. The second-order valence-electron chi connectivity index (χ2n) is 4.82. The summed E-state index contributed by atoms with van der Waals surface area (Å²) in [5, 5.41) is 14.7. The van der Waals surface area contributed by atoms with Crippen LogP contribution >= 0.6 is 0 Å². The molecule has 0 aliphatic rings. The molecule has 0 saturated carbocycles. The van der Waals surface area contributed by atoms with Crippen LogP contribution in [0.25, 0.3) is 0 Å². The van der Waals surface area contributed by atoms with Crippen LogP contribution in [0.1, 0.15) is 11.3 Å². The number of aliphatic hydroxyl groups is 1. The lowest BCUT2D eigenvalue weighted by atomic mass is 10.1. The van der Waals surface area contributed by atoms with Crippen LogP contribution in [0.5, 0.6) is 0 Å². The molecule has 0 bridgehead atoms. The minimum Gasteiger partial charge on any atom is -0.467 e. The lowest BCUT2D eigenvalue weighted by molar-refractivity contribution is -0.139. The summed E-state index contributed by atoms with van der Waals surface area (Å²) in [5.41, 5.74) is 0.964. The van der Waals surface area contributed by atoms with Crippen LogP contribution in [-0.2, 0) is 22.6 Å². The van der Waals surface area contributed by atoms with Crippen molar-refractivity contribution in [3.63, 3.8) is 0 Å². The van der Waals surface area contributed by atoms with Gasteiger partial charge in [0, 0.05) is 13.0 Å². The number of carbonyl (C=O) groups excluding carboxylic acids is 2. The number of rotatable bonds is 6. The average Bonchev–Trinajstić information content (AvgIpc) is 3.04. The molecule has 6 nitrogen and oxygen atoms in total. The van der Waals surface area contributed by atoms with Crippen LogP contribution in [0, 0.1) is 0 Å². The molecule has 1 atom stereocenters. The molecular formula is C16H18N2O4. The molecule has 2 aromatic rings. The summed E-state index contributed by atoms with van der Waals surface area (Å²) in [6.45, 7) is 0.160. The molecule has 6 heteroatoms. The first kappa shape index (κ1) is 15.8. The molecule has 3 N–H and O–H groups in total. The Kier molecular flexibility index (Phi) is 5.73. The van der Waals surface area contributed by atoms with Gasteiger partial charge in [-0.2, -0.15) is 0 Å². The Bertz CT molecular complexity index is 596. The SMILES string of the molecule is O=C(NCc1ccco1)C(=O)NC[C@@H](O)Cc1ccccc1. The van der Waals surface area contributed by atoms with Gasteiger partial charge in [-0.25, -0.2) is 0 Å². The van der Waals surface area contributed by atoms with Crippen molar-refractivity contribution >= 4 is 11.8 Å². The minimum absolute atomic E-state index is 0.0158. The zero-order valence-corrected chi connectivity index (χ0v) is 12.0. The van der Waals surface area contributed by atoms with Crippen LogP contribution in [-0.4, -0.2) is 29.6 Å². The molecule has 0 radical (unpaired) electrons. The predicted molar refractivity (Wildman–Crippen MR) is 79.7 cm³/mol. The third-order valence-electron chi connectivity index (χ3n) is 3.02. The molecule has 2 amide bonds. The Hall–Kier alpha value is -2.60. The van der Waals surface area contributed by atoms with Gasteiger partial charge in [-0.15, -0.1) is 0 Å². The molecule has 0 saturated heterocycles. The number of furan rings is 1. The van der Waals surface area contributed by atoms with Crippen LogP contribution in [0.3, 0.4) is 0 Å². The van der Waals surface area contributed by atoms with Crippen LogP contribution in [0.2, 0.25) is 0 Å². The number of benzene rings is 1. The maximum atomic E-state index is 11.6. The largest absolute Gasteiger partial charge is 0.467 e. The fourth-order valence-electron chi connectivity index (χ4n) is 1.91. The number of nitrogens with one attached hydrogen (secondary N) is 2. The third-order valence-corrected chi connectivity index (χ3v) is 3.02. The average molecular weight is 302 g/mol. The number of amides is 2. The Morgan fingerprint density at radius 1 is 1.05 bits per heavy atom. The molecule has 1 aromatic heterocycles. The van der Waals surface area contributed by atoms with E-state index in [-0.39, 0.29) is 13.1 Å². The minimum atomic E-state index is -0.779. The molecule has 0 aliphatic heterocycles. The molecule has 0 aliphatic carbocycles. The lowest BCUT2D eigenvalue weighted by Crippen LogP contribution is -2.42. The molecule has 116 valence electrons. The standard InChI is InChI=1S/C16H18N2O4/c19-13(9-12-5-2-1-3-6-12)10-17-15(20)16(21)18-11-14-7-4-8-22-14/h1-8,13,19H,9-11H2,(H,17,20)(H,18,21)/t13-/m0/s1. The number of hydrogen-bond acceptors (Lipinski definition) is 4. The van der Waals surface area contributed by atoms with Crippen LogP contribution in [0.15, 0.2) is 53.1 Å². The van der Waals surface area contributed by atoms with Gasteiger partial charge >= 0.3 is 11.8 Å². The summed E-state index contributed by atoms with van der Waals surface area (Å²) >= 11 is 0. The summed E-state index contributed by atoms with van der Waals surface area (Å²) in [6.07, 6.45) is 1.15. The molecular weight excluding hydrogens is 284 g/mol.